The standard InChI is InChI=1S/C8H17BrO/c1-5-7(2)10-8(3,4)6-9/h7H,5-6H2,1-4H3. The third-order valence-corrected chi connectivity index (χ3v) is 2.77. The molecule has 0 bridgehead atoms. The minimum Gasteiger partial charge on any atom is -0.372 e. The van der Waals surface area contributed by atoms with Crippen molar-refractivity contribution in [1.82, 2.24) is 0 Å². The van der Waals surface area contributed by atoms with Crippen molar-refractivity contribution in [2.45, 2.75) is 45.8 Å². The maximum atomic E-state index is 5.69. The van der Waals surface area contributed by atoms with Crippen LogP contribution in [0.4, 0.5) is 0 Å². The Morgan fingerprint density at radius 3 is 2.30 bits per heavy atom. The minimum atomic E-state index is -0.0184. The van der Waals surface area contributed by atoms with E-state index in [2.05, 4.69) is 43.6 Å². The van der Waals surface area contributed by atoms with E-state index in [4.69, 9.17) is 4.74 Å². The van der Waals surface area contributed by atoms with Gasteiger partial charge in [-0.25, -0.2) is 0 Å². The van der Waals surface area contributed by atoms with E-state index >= 15 is 0 Å². The van der Waals surface area contributed by atoms with E-state index in [1.807, 2.05) is 0 Å². The zero-order valence-electron chi connectivity index (χ0n) is 7.28. The highest BCUT2D eigenvalue weighted by atomic mass is 79.9. The molecule has 1 unspecified atom stereocenters. The van der Waals surface area contributed by atoms with E-state index in [1.165, 1.54) is 0 Å². The molecule has 0 rings (SSSR count). The molecule has 0 saturated carbocycles. The van der Waals surface area contributed by atoms with Gasteiger partial charge in [0.1, 0.15) is 0 Å². The molecule has 2 heteroatoms. The lowest BCUT2D eigenvalue weighted by molar-refractivity contribution is -0.0482. The number of rotatable bonds is 4. The van der Waals surface area contributed by atoms with Gasteiger partial charge in [-0.2, -0.15) is 0 Å². The fraction of sp³-hybridized carbons (Fsp3) is 1.00. The predicted molar refractivity (Wildman–Crippen MR) is 48.7 cm³/mol. The Hall–Kier alpha value is 0.440. The predicted octanol–water partition coefficient (Wildman–Crippen LogP) is 2.98. The van der Waals surface area contributed by atoms with Crippen molar-refractivity contribution in [3.8, 4) is 0 Å². The molecule has 0 aromatic carbocycles. The van der Waals surface area contributed by atoms with Crippen LogP contribution in [0, 0.1) is 0 Å². The summed E-state index contributed by atoms with van der Waals surface area (Å²) < 4.78 is 5.69. The van der Waals surface area contributed by atoms with Gasteiger partial charge in [0.2, 0.25) is 0 Å². The first-order valence-corrected chi connectivity index (χ1v) is 4.87. The number of ether oxygens (including phenoxy) is 1. The monoisotopic (exact) mass is 208 g/mol. The molecular weight excluding hydrogens is 192 g/mol. The second-order valence-corrected chi connectivity index (χ2v) is 3.79. The van der Waals surface area contributed by atoms with Crippen LogP contribution in [-0.2, 0) is 4.74 Å². The van der Waals surface area contributed by atoms with Gasteiger partial charge in [0, 0.05) is 5.33 Å². The fourth-order valence-corrected chi connectivity index (χ4v) is 0.792. The molecule has 0 aromatic rings. The molecule has 0 aromatic heterocycles. The maximum absolute atomic E-state index is 5.69. The van der Waals surface area contributed by atoms with Crippen LogP contribution in [0.3, 0.4) is 0 Å². The van der Waals surface area contributed by atoms with E-state index in [-0.39, 0.29) is 5.60 Å². The van der Waals surface area contributed by atoms with Gasteiger partial charge < -0.3 is 4.74 Å². The minimum absolute atomic E-state index is 0.0184. The third kappa shape index (κ3) is 4.29. The molecule has 1 nitrogen and oxygen atoms in total. The lowest BCUT2D eigenvalue weighted by Crippen LogP contribution is -2.30. The molecule has 0 saturated heterocycles. The van der Waals surface area contributed by atoms with Crippen molar-refractivity contribution in [2.75, 3.05) is 5.33 Å². The van der Waals surface area contributed by atoms with E-state index in [0.717, 1.165) is 11.8 Å². The Kier molecular flexibility index (Phi) is 4.54. The van der Waals surface area contributed by atoms with Crippen molar-refractivity contribution >= 4 is 15.9 Å². The Bertz CT molecular complexity index is 91.3. The zero-order valence-corrected chi connectivity index (χ0v) is 8.86. The Morgan fingerprint density at radius 2 is 2.00 bits per heavy atom. The van der Waals surface area contributed by atoms with Gasteiger partial charge >= 0.3 is 0 Å². The molecule has 0 heterocycles. The van der Waals surface area contributed by atoms with Crippen LogP contribution in [0.15, 0.2) is 0 Å². The molecule has 0 N–H and O–H groups in total. The van der Waals surface area contributed by atoms with Crippen LogP contribution in [-0.4, -0.2) is 17.0 Å². The van der Waals surface area contributed by atoms with Gasteiger partial charge in [-0.3, -0.25) is 0 Å². The average Bonchev–Trinajstić information content (AvgIpc) is 1.87. The first-order chi connectivity index (χ1) is 4.52. The van der Waals surface area contributed by atoms with Crippen molar-refractivity contribution in [3.05, 3.63) is 0 Å². The average molecular weight is 209 g/mol. The second-order valence-electron chi connectivity index (χ2n) is 3.23. The molecule has 0 amide bonds. The number of hydrogen-bond donors (Lipinski definition) is 0. The van der Waals surface area contributed by atoms with Crippen molar-refractivity contribution in [2.24, 2.45) is 0 Å². The molecule has 0 fully saturated rings. The van der Waals surface area contributed by atoms with E-state index < -0.39 is 0 Å². The number of halogens is 1. The molecule has 62 valence electrons. The van der Waals surface area contributed by atoms with Crippen molar-refractivity contribution < 1.29 is 4.74 Å². The van der Waals surface area contributed by atoms with Crippen LogP contribution in [0.5, 0.6) is 0 Å². The molecule has 0 aliphatic rings. The summed E-state index contributed by atoms with van der Waals surface area (Å²) in [5, 5.41) is 0.893. The Labute approximate surface area is 72.3 Å². The topological polar surface area (TPSA) is 9.23 Å². The molecule has 10 heavy (non-hydrogen) atoms. The molecule has 1 atom stereocenters. The van der Waals surface area contributed by atoms with Gasteiger partial charge in [-0.1, -0.05) is 22.9 Å². The summed E-state index contributed by atoms with van der Waals surface area (Å²) in [5.74, 6) is 0. The smallest absolute Gasteiger partial charge is 0.0726 e. The molecular formula is C8H17BrO. The lowest BCUT2D eigenvalue weighted by Gasteiger charge is -2.26. The van der Waals surface area contributed by atoms with E-state index in [0.29, 0.717) is 6.10 Å². The summed E-state index contributed by atoms with van der Waals surface area (Å²) in [6, 6.07) is 0. The van der Waals surface area contributed by atoms with Gasteiger partial charge in [-0.15, -0.1) is 0 Å². The van der Waals surface area contributed by atoms with Crippen LogP contribution >= 0.6 is 15.9 Å². The summed E-state index contributed by atoms with van der Waals surface area (Å²) in [4.78, 5) is 0. The normalized spacial score (nSPS) is 15.3. The highest BCUT2D eigenvalue weighted by Gasteiger charge is 2.18. The van der Waals surface area contributed by atoms with Crippen molar-refractivity contribution in [3.63, 3.8) is 0 Å². The zero-order chi connectivity index (χ0) is 8.20. The van der Waals surface area contributed by atoms with Crippen LogP contribution in [0.1, 0.15) is 34.1 Å². The molecule has 0 radical (unpaired) electrons. The second kappa shape index (κ2) is 4.35. The van der Waals surface area contributed by atoms with Gasteiger partial charge in [-0.05, 0) is 27.2 Å². The molecule has 0 spiro atoms. The first kappa shape index (κ1) is 10.4. The highest BCUT2D eigenvalue weighted by Crippen LogP contribution is 2.15. The third-order valence-electron chi connectivity index (χ3n) is 1.42. The number of hydrogen-bond acceptors (Lipinski definition) is 1. The summed E-state index contributed by atoms with van der Waals surface area (Å²) in [6.45, 7) is 8.42. The quantitative estimate of drug-likeness (QED) is 0.646. The number of alkyl halides is 1. The SMILES string of the molecule is CCC(C)OC(C)(C)CBr. The molecule has 0 aliphatic heterocycles. The van der Waals surface area contributed by atoms with E-state index in [9.17, 15) is 0 Å². The van der Waals surface area contributed by atoms with E-state index in [1.54, 1.807) is 0 Å². The Morgan fingerprint density at radius 1 is 1.50 bits per heavy atom. The van der Waals surface area contributed by atoms with Gasteiger partial charge in [0.15, 0.2) is 0 Å². The summed E-state index contributed by atoms with van der Waals surface area (Å²) in [7, 11) is 0. The van der Waals surface area contributed by atoms with Crippen LogP contribution in [0.25, 0.3) is 0 Å². The lowest BCUT2D eigenvalue weighted by atomic mass is 10.2. The Balaban J connectivity index is 3.64. The highest BCUT2D eigenvalue weighted by molar-refractivity contribution is 9.09. The summed E-state index contributed by atoms with van der Waals surface area (Å²) in [6.07, 6.45) is 1.45. The molecule has 0 aliphatic carbocycles. The fourth-order valence-electron chi connectivity index (χ4n) is 0.659. The maximum Gasteiger partial charge on any atom is 0.0726 e. The first-order valence-electron chi connectivity index (χ1n) is 3.75. The summed E-state index contributed by atoms with van der Waals surface area (Å²) >= 11 is 3.40. The largest absolute Gasteiger partial charge is 0.372 e. The van der Waals surface area contributed by atoms with Crippen LogP contribution in [0.2, 0.25) is 0 Å². The van der Waals surface area contributed by atoms with Crippen molar-refractivity contribution in [1.29, 1.82) is 0 Å². The van der Waals surface area contributed by atoms with Gasteiger partial charge in [0.05, 0.1) is 11.7 Å². The van der Waals surface area contributed by atoms with Crippen LogP contribution < -0.4 is 0 Å². The summed E-state index contributed by atoms with van der Waals surface area (Å²) in [5.41, 5.74) is -0.0184. The van der Waals surface area contributed by atoms with Gasteiger partial charge in [0.25, 0.3) is 0 Å².